The maximum atomic E-state index is 4.73. The van der Waals surface area contributed by atoms with Gasteiger partial charge in [-0.05, 0) is 49.8 Å². The first kappa shape index (κ1) is 19.1. The number of hydrogen-bond donors (Lipinski definition) is 1. The molecule has 1 N–H and O–H groups in total. The fourth-order valence-corrected chi connectivity index (χ4v) is 6.56. The lowest BCUT2D eigenvalue weighted by Crippen LogP contribution is -2.29. The fourth-order valence-electron chi connectivity index (χ4n) is 3.45. The summed E-state index contributed by atoms with van der Waals surface area (Å²) >= 11 is 6.23. The van der Waals surface area contributed by atoms with E-state index in [1.54, 1.807) is 22.7 Å². The molecule has 1 aliphatic carbocycles. The second-order valence-electron chi connectivity index (χ2n) is 6.95. The van der Waals surface area contributed by atoms with Crippen molar-refractivity contribution in [2.75, 3.05) is 0 Å². The first-order chi connectivity index (χ1) is 14.1. The molecule has 4 heterocycles. The van der Waals surface area contributed by atoms with E-state index in [1.807, 2.05) is 0 Å². The van der Waals surface area contributed by atoms with Crippen LogP contribution in [0.2, 0.25) is 0 Å². The summed E-state index contributed by atoms with van der Waals surface area (Å²) in [6.45, 7) is 8.67. The molecule has 0 saturated carbocycles. The largest absolute Gasteiger partial charge is 0.231 e. The lowest BCUT2D eigenvalue weighted by molar-refractivity contribution is 0.974. The Hall–Kier alpha value is -1.84. The summed E-state index contributed by atoms with van der Waals surface area (Å²) in [5.74, 6) is 0. The average Bonchev–Trinajstić information content (AvgIpc) is 3.47. The van der Waals surface area contributed by atoms with E-state index in [2.05, 4.69) is 70.3 Å². The molecule has 8 heteroatoms. The molecule has 0 bridgehead atoms. The molecule has 3 aromatic rings. The SMILES string of the molecule is C=C1/C=C(/c2ccc(C)s2)c2nsnc2C/C=C(/c2ccc(C)s2)C2=NSNC12. The van der Waals surface area contributed by atoms with Crippen molar-refractivity contribution in [2.45, 2.75) is 26.3 Å². The molecule has 1 aliphatic heterocycles. The number of allylic oxidation sites excluding steroid dienone is 1. The molecule has 0 radical (unpaired) electrons. The van der Waals surface area contributed by atoms with Gasteiger partial charge in [-0.3, -0.25) is 0 Å². The summed E-state index contributed by atoms with van der Waals surface area (Å²) in [6, 6.07) is 8.62. The third kappa shape index (κ3) is 3.60. The van der Waals surface area contributed by atoms with Gasteiger partial charge in [-0.15, -0.1) is 22.7 Å². The van der Waals surface area contributed by atoms with E-state index >= 15 is 0 Å². The predicted molar refractivity (Wildman–Crippen MR) is 128 cm³/mol. The minimum atomic E-state index is -0.0298. The van der Waals surface area contributed by atoms with Crippen LogP contribution < -0.4 is 4.72 Å². The Kier molecular flexibility index (Phi) is 5.13. The van der Waals surface area contributed by atoms with E-state index < -0.39 is 0 Å². The van der Waals surface area contributed by atoms with E-state index in [4.69, 9.17) is 4.40 Å². The van der Waals surface area contributed by atoms with Crippen LogP contribution in [0.3, 0.4) is 0 Å². The lowest BCUT2D eigenvalue weighted by atomic mass is 9.92. The summed E-state index contributed by atoms with van der Waals surface area (Å²) < 4.78 is 17.4. The van der Waals surface area contributed by atoms with E-state index in [9.17, 15) is 0 Å². The molecule has 1 atom stereocenters. The maximum absolute atomic E-state index is 4.73. The van der Waals surface area contributed by atoms with Gasteiger partial charge in [0.25, 0.3) is 0 Å². The van der Waals surface area contributed by atoms with Gasteiger partial charge in [0, 0.05) is 37.1 Å². The van der Waals surface area contributed by atoms with E-state index in [1.165, 1.54) is 43.4 Å². The Bertz CT molecular complexity index is 1190. The highest BCUT2D eigenvalue weighted by molar-refractivity contribution is 7.96. The highest BCUT2D eigenvalue weighted by Crippen LogP contribution is 2.37. The van der Waals surface area contributed by atoms with E-state index in [0.29, 0.717) is 0 Å². The number of aryl methyl sites for hydroxylation is 2. The molecule has 0 amide bonds. The first-order valence-corrected chi connectivity index (χ1v) is 12.3. The number of thiophene rings is 2. The molecule has 146 valence electrons. The normalized spacial score (nSPS) is 22.9. The van der Waals surface area contributed by atoms with Gasteiger partial charge < -0.3 is 0 Å². The van der Waals surface area contributed by atoms with Gasteiger partial charge >= 0.3 is 0 Å². The lowest BCUT2D eigenvalue weighted by Gasteiger charge is -2.18. The van der Waals surface area contributed by atoms with Gasteiger partial charge in [-0.2, -0.15) is 8.75 Å². The van der Waals surface area contributed by atoms with Gasteiger partial charge in [0.1, 0.15) is 5.69 Å². The molecule has 29 heavy (non-hydrogen) atoms. The number of nitrogens with one attached hydrogen (secondary N) is 1. The highest BCUT2D eigenvalue weighted by Gasteiger charge is 2.30. The third-order valence-electron chi connectivity index (χ3n) is 4.89. The molecule has 1 unspecified atom stereocenters. The Morgan fingerprint density at radius 2 is 1.72 bits per heavy atom. The molecule has 4 nitrogen and oxygen atoms in total. The highest BCUT2D eigenvalue weighted by atomic mass is 32.2. The van der Waals surface area contributed by atoms with Crippen molar-refractivity contribution in [2.24, 2.45) is 4.40 Å². The van der Waals surface area contributed by atoms with Gasteiger partial charge in [-0.25, -0.2) is 9.12 Å². The quantitative estimate of drug-likeness (QED) is 0.491. The Morgan fingerprint density at radius 3 is 2.41 bits per heavy atom. The van der Waals surface area contributed by atoms with Gasteiger partial charge in [0.05, 0.1) is 41.3 Å². The molecule has 0 fully saturated rings. The average molecular weight is 455 g/mol. The van der Waals surface area contributed by atoms with Crippen molar-refractivity contribution in [3.63, 3.8) is 0 Å². The Balaban J connectivity index is 1.68. The summed E-state index contributed by atoms with van der Waals surface area (Å²) in [5.41, 5.74) is 6.24. The van der Waals surface area contributed by atoms with Crippen LogP contribution in [0.1, 0.15) is 30.9 Å². The summed E-state index contributed by atoms with van der Waals surface area (Å²) in [6.07, 6.45) is 5.14. The Morgan fingerprint density at radius 1 is 1.00 bits per heavy atom. The van der Waals surface area contributed by atoms with Gasteiger partial charge in [0.15, 0.2) is 0 Å². The maximum Gasteiger partial charge on any atom is 0.109 e. The number of aromatic nitrogens is 2. The summed E-state index contributed by atoms with van der Waals surface area (Å²) in [5, 5.41) is 0. The molecular weight excluding hydrogens is 437 g/mol. The third-order valence-corrected chi connectivity index (χ3v) is 8.15. The van der Waals surface area contributed by atoms with Crippen molar-refractivity contribution in [1.29, 1.82) is 0 Å². The minimum absolute atomic E-state index is 0.0298. The molecule has 0 aromatic carbocycles. The van der Waals surface area contributed by atoms with Crippen molar-refractivity contribution < 1.29 is 0 Å². The van der Waals surface area contributed by atoms with Crippen molar-refractivity contribution in [3.05, 3.63) is 79.5 Å². The standard InChI is InChI=1S/C21H18N4S4/c1-11-10-15(18-9-5-13(3)27-18)20-16(22-28-24-20)7-6-14(17-8-4-12(2)26-17)21-19(11)23-29-25-21/h4-6,8-10,19,23H,1,7H2,2-3H3/b14-6-,15-10-. The van der Waals surface area contributed by atoms with Crippen molar-refractivity contribution in [3.8, 4) is 0 Å². The van der Waals surface area contributed by atoms with Crippen LogP contribution in [0, 0.1) is 13.8 Å². The van der Waals surface area contributed by atoms with Crippen LogP contribution in [0.15, 0.2) is 53.0 Å². The van der Waals surface area contributed by atoms with Gasteiger partial charge in [-0.1, -0.05) is 12.7 Å². The number of fused-ring (bicyclic) bond motifs is 2. The molecule has 2 aliphatic rings. The molecule has 0 saturated heterocycles. The van der Waals surface area contributed by atoms with Crippen LogP contribution in [0.4, 0.5) is 0 Å². The minimum Gasteiger partial charge on any atom is -0.231 e. The summed E-state index contributed by atoms with van der Waals surface area (Å²) in [4.78, 5) is 4.99. The zero-order chi connectivity index (χ0) is 20.0. The van der Waals surface area contributed by atoms with Crippen LogP contribution in [0.5, 0.6) is 0 Å². The van der Waals surface area contributed by atoms with Crippen LogP contribution in [0.25, 0.3) is 11.1 Å². The second-order valence-corrected chi connectivity index (χ2v) is 10.7. The Labute approximate surface area is 186 Å². The number of rotatable bonds is 2. The number of nitrogens with zero attached hydrogens (tertiary/aromatic N) is 3. The van der Waals surface area contributed by atoms with Crippen molar-refractivity contribution >= 4 is 63.4 Å². The molecule has 0 spiro atoms. The van der Waals surface area contributed by atoms with Crippen molar-refractivity contribution in [1.82, 2.24) is 13.5 Å². The zero-order valence-corrected chi connectivity index (χ0v) is 19.2. The van der Waals surface area contributed by atoms with Gasteiger partial charge in [0.2, 0.25) is 0 Å². The first-order valence-electron chi connectivity index (χ1n) is 9.16. The molecule has 5 rings (SSSR count). The predicted octanol–water partition coefficient (Wildman–Crippen LogP) is 5.88. The van der Waals surface area contributed by atoms with Crippen LogP contribution in [-0.2, 0) is 6.42 Å². The fraction of sp³-hybridized carbons (Fsp3) is 0.190. The zero-order valence-electron chi connectivity index (χ0n) is 15.9. The summed E-state index contributed by atoms with van der Waals surface area (Å²) in [7, 11) is 0. The molecule has 3 aromatic heterocycles. The van der Waals surface area contributed by atoms with E-state index in [0.717, 1.165) is 40.2 Å². The van der Waals surface area contributed by atoms with Crippen LogP contribution in [-0.4, -0.2) is 20.5 Å². The number of hydrogen-bond acceptors (Lipinski definition) is 8. The molecular formula is C21H18N4S4. The second kappa shape index (κ2) is 7.77. The topological polar surface area (TPSA) is 50.2 Å². The smallest absolute Gasteiger partial charge is 0.109 e. The van der Waals surface area contributed by atoms with Crippen LogP contribution >= 0.6 is 46.5 Å². The monoisotopic (exact) mass is 454 g/mol. The van der Waals surface area contributed by atoms with E-state index in [-0.39, 0.29) is 6.04 Å².